The van der Waals surface area contributed by atoms with Gasteiger partial charge in [-0.1, -0.05) is 54.7 Å². The largest absolute Gasteiger partial charge is 0.417 e. The molecular weight excluding hydrogens is 339 g/mol. The number of carbonyl (C=O) groups excluding carboxylic acids is 1. The third-order valence-electron chi connectivity index (χ3n) is 3.77. The van der Waals surface area contributed by atoms with Crippen LogP contribution in [0.25, 0.3) is 0 Å². The van der Waals surface area contributed by atoms with Crippen molar-refractivity contribution in [2.45, 2.75) is 26.9 Å². The highest BCUT2D eigenvalue weighted by atomic mass is 19.4. The molecular formula is C21H24F3NO. The molecule has 0 heterocycles. The smallest absolute Gasteiger partial charge is 0.330 e. The van der Waals surface area contributed by atoms with Gasteiger partial charge in [0.25, 0.3) is 5.91 Å². The third-order valence-corrected chi connectivity index (χ3v) is 3.77. The summed E-state index contributed by atoms with van der Waals surface area (Å²) < 4.78 is 39.9. The normalized spacial score (nSPS) is 13.2. The quantitative estimate of drug-likeness (QED) is 0.443. The zero-order valence-electron chi connectivity index (χ0n) is 15.3. The van der Waals surface area contributed by atoms with Gasteiger partial charge in [-0.05, 0) is 38.5 Å². The molecule has 2 nitrogen and oxygen atoms in total. The van der Waals surface area contributed by atoms with Crippen LogP contribution in [0.15, 0.2) is 72.4 Å². The number of nitrogens with zero attached hydrogens (tertiary/aromatic N) is 1. The first-order valence-corrected chi connectivity index (χ1v) is 8.26. The summed E-state index contributed by atoms with van der Waals surface area (Å²) in [5.41, 5.74) is 0.404. The second kappa shape index (κ2) is 9.80. The lowest BCUT2D eigenvalue weighted by atomic mass is 10.0. The topological polar surface area (TPSA) is 20.3 Å². The summed E-state index contributed by atoms with van der Waals surface area (Å²) in [5.74, 6) is -0.654. The van der Waals surface area contributed by atoms with Gasteiger partial charge in [-0.25, -0.2) is 0 Å². The first-order chi connectivity index (χ1) is 12.2. The van der Waals surface area contributed by atoms with Gasteiger partial charge < -0.3 is 4.90 Å². The van der Waals surface area contributed by atoms with E-state index in [9.17, 15) is 18.0 Å². The molecule has 0 N–H and O–H groups in total. The van der Waals surface area contributed by atoms with Crippen molar-refractivity contribution in [3.05, 3.63) is 83.5 Å². The van der Waals surface area contributed by atoms with Crippen LogP contribution in [0.4, 0.5) is 13.2 Å². The van der Waals surface area contributed by atoms with Crippen molar-refractivity contribution in [3.8, 4) is 0 Å². The molecule has 0 radical (unpaired) electrons. The zero-order chi connectivity index (χ0) is 19.7. The molecule has 1 amide bonds. The second-order valence-electron chi connectivity index (χ2n) is 5.82. The first kappa shape index (κ1) is 21.5. The van der Waals surface area contributed by atoms with Crippen LogP contribution in [0.5, 0.6) is 0 Å². The molecule has 0 saturated heterocycles. The van der Waals surface area contributed by atoms with Gasteiger partial charge >= 0.3 is 6.18 Å². The number of halogens is 3. The lowest BCUT2D eigenvalue weighted by molar-refractivity contribution is -0.138. The molecule has 0 atom stereocenters. The monoisotopic (exact) mass is 363 g/mol. The molecule has 5 heteroatoms. The minimum Gasteiger partial charge on any atom is -0.330 e. The van der Waals surface area contributed by atoms with Crippen molar-refractivity contribution < 1.29 is 18.0 Å². The number of carbonyl (C=O) groups is 1. The molecule has 0 saturated carbocycles. The molecule has 1 rings (SSSR count). The van der Waals surface area contributed by atoms with Crippen molar-refractivity contribution in [2.75, 3.05) is 13.1 Å². The third kappa shape index (κ3) is 6.06. The fourth-order valence-corrected chi connectivity index (χ4v) is 2.43. The highest BCUT2D eigenvalue weighted by Crippen LogP contribution is 2.32. The fourth-order valence-electron chi connectivity index (χ4n) is 2.43. The zero-order valence-corrected chi connectivity index (χ0v) is 15.3. The van der Waals surface area contributed by atoms with Crippen molar-refractivity contribution in [1.82, 2.24) is 4.90 Å². The summed E-state index contributed by atoms with van der Waals surface area (Å²) in [6, 6.07) is 4.87. The summed E-state index contributed by atoms with van der Waals surface area (Å²) in [6.07, 6.45) is 4.19. The summed E-state index contributed by atoms with van der Waals surface area (Å²) >= 11 is 0. The molecule has 1 aromatic carbocycles. The van der Waals surface area contributed by atoms with Crippen LogP contribution in [0.1, 0.15) is 36.7 Å². The van der Waals surface area contributed by atoms with Gasteiger partial charge in [0.2, 0.25) is 0 Å². The lowest BCUT2D eigenvalue weighted by Crippen LogP contribution is -2.35. The van der Waals surface area contributed by atoms with E-state index >= 15 is 0 Å². The average Bonchev–Trinajstić information content (AvgIpc) is 2.60. The van der Waals surface area contributed by atoms with Crippen LogP contribution in [0, 0.1) is 0 Å². The Morgan fingerprint density at radius 3 is 2.38 bits per heavy atom. The predicted molar refractivity (Wildman–Crippen MR) is 99.9 cm³/mol. The summed E-state index contributed by atoms with van der Waals surface area (Å²) in [6.45, 7) is 9.57. The van der Waals surface area contributed by atoms with Crippen molar-refractivity contribution in [1.29, 1.82) is 0 Å². The van der Waals surface area contributed by atoms with Crippen LogP contribution in [0.3, 0.4) is 0 Å². The summed E-state index contributed by atoms with van der Waals surface area (Å²) in [4.78, 5) is 14.3. The van der Waals surface area contributed by atoms with E-state index in [1.54, 1.807) is 12.2 Å². The molecule has 1 aromatic rings. The Balaban J connectivity index is 3.33. The number of amides is 1. The van der Waals surface area contributed by atoms with E-state index in [1.807, 2.05) is 39.0 Å². The highest BCUT2D eigenvalue weighted by Gasteiger charge is 2.35. The molecule has 0 spiro atoms. The van der Waals surface area contributed by atoms with Gasteiger partial charge in [0.05, 0.1) is 11.1 Å². The van der Waals surface area contributed by atoms with E-state index in [-0.39, 0.29) is 18.7 Å². The molecule has 0 aromatic heterocycles. The van der Waals surface area contributed by atoms with Crippen LogP contribution in [0.2, 0.25) is 0 Å². The van der Waals surface area contributed by atoms with Crippen LogP contribution in [-0.2, 0) is 6.18 Å². The SMILES string of the molecule is C=C/C=C(\C=C/C)CN(C/C(C)=C/C)C(=O)c1ccccc1C(F)(F)F. The number of hydrogen-bond acceptors (Lipinski definition) is 1. The summed E-state index contributed by atoms with van der Waals surface area (Å²) in [7, 11) is 0. The van der Waals surface area contributed by atoms with Gasteiger partial charge in [0.1, 0.15) is 0 Å². The van der Waals surface area contributed by atoms with Crippen molar-refractivity contribution in [2.24, 2.45) is 0 Å². The maximum atomic E-state index is 13.3. The lowest BCUT2D eigenvalue weighted by Gasteiger charge is -2.25. The molecule has 0 aliphatic carbocycles. The Hall–Kier alpha value is -2.56. The van der Waals surface area contributed by atoms with E-state index in [2.05, 4.69) is 6.58 Å². The minimum atomic E-state index is -4.59. The number of alkyl halides is 3. The second-order valence-corrected chi connectivity index (χ2v) is 5.82. The van der Waals surface area contributed by atoms with Crippen LogP contribution >= 0.6 is 0 Å². The minimum absolute atomic E-state index is 0.187. The first-order valence-electron chi connectivity index (χ1n) is 8.26. The molecule has 26 heavy (non-hydrogen) atoms. The van der Waals surface area contributed by atoms with E-state index < -0.39 is 17.6 Å². The molecule has 0 fully saturated rings. The standard InChI is InChI=1S/C21H24F3NO/c1-5-10-17(11-6-2)15-25(14-16(4)7-3)20(26)18-12-8-9-13-19(18)21(22,23)24/h5-13H,1,14-15H2,2-4H3/b11-6-,16-7+,17-10+. The van der Waals surface area contributed by atoms with Gasteiger partial charge in [0, 0.05) is 13.1 Å². The highest BCUT2D eigenvalue weighted by molar-refractivity contribution is 5.96. The van der Waals surface area contributed by atoms with Crippen LogP contribution < -0.4 is 0 Å². The maximum Gasteiger partial charge on any atom is 0.417 e. The van der Waals surface area contributed by atoms with Crippen molar-refractivity contribution in [3.63, 3.8) is 0 Å². The maximum absolute atomic E-state index is 13.3. The van der Waals surface area contributed by atoms with Gasteiger partial charge in [-0.2, -0.15) is 13.2 Å². The Labute approximate surface area is 153 Å². The Morgan fingerprint density at radius 2 is 1.85 bits per heavy atom. The van der Waals surface area contributed by atoms with Crippen molar-refractivity contribution >= 4 is 5.91 Å². The van der Waals surface area contributed by atoms with Gasteiger partial charge in [0.15, 0.2) is 0 Å². The molecule has 0 unspecified atom stereocenters. The van der Waals surface area contributed by atoms with E-state index in [0.717, 1.165) is 17.2 Å². The fraction of sp³-hybridized carbons (Fsp3) is 0.286. The molecule has 0 aliphatic rings. The van der Waals surface area contributed by atoms with E-state index in [1.165, 1.54) is 23.1 Å². The Morgan fingerprint density at radius 1 is 1.19 bits per heavy atom. The number of allylic oxidation sites excluding steroid dienone is 4. The van der Waals surface area contributed by atoms with Gasteiger partial charge in [-0.15, -0.1) is 0 Å². The van der Waals surface area contributed by atoms with E-state index in [0.29, 0.717) is 0 Å². The predicted octanol–water partition coefficient (Wildman–Crippen LogP) is 5.80. The number of benzene rings is 1. The molecule has 140 valence electrons. The number of rotatable bonds is 7. The molecule has 0 bridgehead atoms. The van der Waals surface area contributed by atoms with Gasteiger partial charge in [-0.3, -0.25) is 4.79 Å². The Bertz CT molecular complexity index is 727. The summed E-state index contributed by atoms with van der Waals surface area (Å²) in [5, 5.41) is 0. The van der Waals surface area contributed by atoms with E-state index in [4.69, 9.17) is 0 Å². The molecule has 0 aliphatic heterocycles. The Kier molecular flexibility index (Phi) is 8.10. The average molecular weight is 363 g/mol. The number of hydrogen-bond donors (Lipinski definition) is 0. The van der Waals surface area contributed by atoms with Crippen LogP contribution in [-0.4, -0.2) is 23.9 Å².